The molecule has 0 heterocycles. The molecule has 0 fully saturated rings. The van der Waals surface area contributed by atoms with Gasteiger partial charge in [-0.1, -0.05) is 39.0 Å². The van der Waals surface area contributed by atoms with E-state index in [9.17, 15) is 4.79 Å². The van der Waals surface area contributed by atoms with Crippen LogP contribution < -0.4 is 11.1 Å². The normalized spacial score (nSPS) is 13.2. The molecule has 0 bridgehead atoms. The highest BCUT2D eigenvalue weighted by Gasteiger charge is 2.29. The van der Waals surface area contributed by atoms with Gasteiger partial charge in [0.1, 0.15) is 6.04 Å². The summed E-state index contributed by atoms with van der Waals surface area (Å²) in [7, 11) is 0. The van der Waals surface area contributed by atoms with Crippen molar-refractivity contribution in [3.8, 4) is 0 Å². The maximum Gasteiger partial charge on any atom is 0.240 e. The second kappa shape index (κ2) is 4.56. The highest BCUT2D eigenvalue weighted by Crippen LogP contribution is 2.24. The summed E-state index contributed by atoms with van der Waals surface area (Å²) in [5.74, 6) is -0.323. The van der Waals surface area contributed by atoms with Crippen molar-refractivity contribution in [3.05, 3.63) is 29.8 Å². The van der Waals surface area contributed by atoms with Crippen LogP contribution >= 0.6 is 0 Å². The first-order chi connectivity index (χ1) is 7.32. The Morgan fingerprint density at radius 3 is 2.31 bits per heavy atom. The average Bonchev–Trinajstić information content (AvgIpc) is 2.14. The monoisotopic (exact) mass is 220 g/mol. The highest BCUT2D eigenvalue weighted by molar-refractivity contribution is 5.84. The number of para-hydroxylation sites is 1. The standard InChI is InChI=1S/C13H20N2O/c1-9-7-5-6-8-10(9)15-11(12(14)16)13(2,3)4/h5-8,11,15H,1-4H3,(H2,14,16). The fraction of sp³-hybridized carbons (Fsp3) is 0.462. The van der Waals surface area contributed by atoms with E-state index in [2.05, 4.69) is 5.32 Å². The predicted octanol–water partition coefficient (Wildman–Crippen LogP) is 2.31. The number of hydrogen-bond acceptors (Lipinski definition) is 2. The van der Waals surface area contributed by atoms with E-state index in [0.29, 0.717) is 0 Å². The molecule has 16 heavy (non-hydrogen) atoms. The minimum atomic E-state index is -0.367. The summed E-state index contributed by atoms with van der Waals surface area (Å²) < 4.78 is 0. The van der Waals surface area contributed by atoms with Gasteiger partial charge in [0.05, 0.1) is 0 Å². The number of nitrogens with two attached hydrogens (primary N) is 1. The van der Waals surface area contributed by atoms with Crippen LogP contribution in [0.2, 0.25) is 0 Å². The number of rotatable bonds is 3. The molecule has 1 unspecified atom stereocenters. The van der Waals surface area contributed by atoms with Gasteiger partial charge in [0.25, 0.3) is 0 Å². The van der Waals surface area contributed by atoms with Gasteiger partial charge in [-0.05, 0) is 24.0 Å². The molecule has 1 atom stereocenters. The third kappa shape index (κ3) is 2.99. The molecule has 3 heteroatoms. The van der Waals surface area contributed by atoms with Gasteiger partial charge in [-0.3, -0.25) is 4.79 Å². The zero-order valence-electron chi connectivity index (χ0n) is 10.4. The molecule has 88 valence electrons. The number of benzene rings is 1. The Hall–Kier alpha value is -1.51. The first-order valence-corrected chi connectivity index (χ1v) is 5.44. The molecule has 3 nitrogen and oxygen atoms in total. The van der Waals surface area contributed by atoms with Gasteiger partial charge < -0.3 is 11.1 Å². The molecule has 0 saturated heterocycles. The van der Waals surface area contributed by atoms with Crippen LogP contribution in [-0.2, 0) is 4.79 Å². The molecular formula is C13H20N2O. The number of aryl methyl sites for hydroxylation is 1. The lowest BCUT2D eigenvalue weighted by Gasteiger charge is -2.30. The van der Waals surface area contributed by atoms with Crippen molar-refractivity contribution >= 4 is 11.6 Å². The molecule has 0 spiro atoms. The first kappa shape index (κ1) is 12.6. The van der Waals surface area contributed by atoms with Crippen LogP contribution in [0.25, 0.3) is 0 Å². The van der Waals surface area contributed by atoms with Crippen molar-refractivity contribution < 1.29 is 4.79 Å². The lowest BCUT2D eigenvalue weighted by atomic mass is 9.86. The van der Waals surface area contributed by atoms with Crippen LogP contribution in [0.5, 0.6) is 0 Å². The lowest BCUT2D eigenvalue weighted by Crippen LogP contribution is -2.45. The molecule has 0 aliphatic rings. The average molecular weight is 220 g/mol. The smallest absolute Gasteiger partial charge is 0.240 e. The van der Waals surface area contributed by atoms with Gasteiger partial charge in [0, 0.05) is 5.69 Å². The maximum absolute atomic E-state index is 11.4. The Labute approximate surface area is 97.0 Å². The van der Waals surface area contributed by atoms with Crippen molar-refractivity contribution in [2.45, 2.75) is 33.7 Å². The molecular weight excluding hydrogens is 200 g/mol. The SMILES string of the molecule is Cc1ccccc1NC(C(N)=O)C(C)(C)C. The van der Waals surface area contributed by atoms with E-state index in [4.69, 9.17) is 5.73 Å². The van der Waals surface area contributed by atoms with Crippen molar-refractivity contribution in [3.63, 3.8) is 0 Å². The number of carbonyl (C=O) groups is 1. The van der Waals surface area contributed by atoms with E-state index < -0.39 is 0 Å². The summed E-state index contributed by atoms with van der Waals surface area (Å²) in [6, 6.07) is 7.50. The number of hydrogen-bond donors (Lipinski definition) is 2. The summed E-state index contributed by atoms with van der Waals surface area (Å²) in [5, 5.41) is 3.21. The summed E-state index contributed by atoms with van der Waals surface area (Å²) in [4.78, 5) is 11.4. The van der Waals surface area contributed by atoms with Gasteiger partial charge in [0.15, 0.2) is 0 Å². The minimum absolute atomic E-state index is 0.200. The predicted molar refractivity (Wildman–Crippen MR) is 67.2 cm³/mol. The van der Waals surface area contributed by atoms with E-state index in [1.807, 2.05) is 52.0 Å². The molecule has 3 N–H and O–H groups in total. The Morgan fingerprint density at radius 1 is 1.31 bits per heavy atom. The van der Waals surface area contributed by atoms with Crippen molar-refractivity contribution in [1.82, 2.24) is 0 Å². The zero-order valence-corrected chi connectivity index (χ0v) is 10.4. The topological polar surface area (TPSA) is 55.1 Å². The molecule has 1 aromatic rings. The van der Waals surface area contributed by atoms with Crippen LogP contribution in [0.15, 0.2) is 24.3 Å². The van der Waals surface area contributed by atoms with Crippen LogP contribution in [0.1, 0.15) is 26.3 Å². The van der Waals surface area contributed by atoms with E-state index in [-0.39, 0.29) is 17.4 Å². The fourth-order valence-electron chi connectivity index (χ4n) is 1.60. The Kier molecular flexibility index (Phi) is 3.58. The van der Waals surface area contributed by atoms with Gasteiger partial charge in [0.2, 0.25) is 5.91 Å². The number of primary amides is 1. The summed E-state index contributed by atoms with van der Waals surface area (Å²) >= 11 is 0. The molecule has 0 aromatic heterocycles. The van der Waals surface area contributed by atoms with Crippen LogP contribution in [0.4, 0.5) is 5.69 Å². The number of amides is 1. The highest BCUT2D eigenvalue weighted by atomic mass is 16.1. The molecule has 0 aliphatic heterocycles. The van der Waals surface area contributed by atoms with Gasteiger partial charge in [-0.25, -0.2) is 0 Å². The molecule has 1 rings (SSSR count). The van der Waals surface area contributed by atoms with Gasteiger partial charge >= 0.3 is 0 Å². The van der Waals surface area contributed by atoms with E-state index in [1.54, 1.807) is 0 Å². The quantitative estimate of drug-likeness (QED) is 0.821. The van der Waals surface area contributed by atoms with Crippen LogP contribution in [-0.4, -0.2) is 11.9 Å². The zero-order chi connectivity index (χ0) is 12.3. The van der Waals surface area contributed by atoms with E-state index >= 15 is 0 Å². The Morgan fingerprint density at radius 2 is 1.88 bits per heavy atom. The third-order valence-electron chi connectivity index (χ3n) is 2.60. The van der Waals surface area contributed by atoms with E-state index in [0.717, 1.165) is 11.3 Å². The van der Waals surface area contributed by atoms with Crippen molar-refractivity contribution in [2.24, 2.45) is 11.1 Å². The van der Waals surface area contributed by atoms with Gasteiger partial charge in [-0.15, -0.1) is 0 Å². The molecule has 0 radical (unpaired) electrons. The Balaban J connectivity index is 2.94. The molecule has 1 aromatic carbocycles. The van der Waals surface area contributed by atoms with Crippen molar-refractivity contribution in [2.75, 3.05) is 5.32 Å². The molecule has 0 saturated carbocycles. The lowest BCUT2D eigenvalue weighted by molar-refractivity contribution is -0.120. The maximum atomic E-state index is 11.4. The number of anilines is 1. The second-order valence-corrected chi connectivity index (χ2v) is 5.16. The molecule has 1 amide bonds. The van der Waals surface area contributed by atoms with E-state index in [1.165, 1.54) is 0 Å². The number of carbonyl (C=O) groups excluding carboxylic acids is 1. The van der Waals surface area contributed by atoms with Gasteiger partial charge in [-0.2, -0.15) is 0 Å². The molecule has 0 aliphatic carbocycles. The summed E-state index contributed by atoms with van der Waals surface area (Å²) in [5.41, 5.74) is 7.29. The fourth-order valence-corrected chi connectivity index (χ4v) is 1.60. The largest absolute Gasteiger partial charge is 0.373 e. The number of nitrogens with one attached hydrogen (secondary N) is 1. The van der Waals surface area contributed by atoms with Crippen molar-refractivity contribution in [1.29, 1.82) is 0 Å². The third-order valence-corrected chi connectivity index (χ3v) is 2.60. The minimum Gasteiger partial charge on any atom is -0.373 e. The summed E-state index contributed by atoms with van der Waals surface area (Å²) in [6.07, 6.45) is 0. The van der Waals surface area contributed by atoms with Crippen LogP contribution in [0.3, 0.4) is 0 Å². The second-order valence-electron chi connectivity index (χ2n) is 5.16. The summed E-state index contributed by atoms with van der Waals surface area (Å²) in [6.45, 7) is 7.98. The Bertz CT molecular complexity index is 380. The van der Waals surface area contributed by atoms with Crippen LogP contribution in [0, 0.1) is 12.3 Å². The first-order valence-electron chi connectivity index (χ1n) is 5.44.